The van der Waals surface area contributed by atoms with Crippen LogP contribution in [-0.2, 0) is 16.1 Å². The number of aryl methyl sites for hydroxylation is 1. The number of aromatic nitrogens is 2. The Labute approximate surface area is 92.8 Å². The van der Waals surface area contributed by atoms with Gasteiger partial charge < -0.3 is 5.32 Å². The van der Waals surface area contributed by atoms with E-state index in [-0.39, 0.29) is 17.9 Å². The number of hydrogen-bond acceptors (Lipinski definition) is 4. The summed E-state index contributed by atoms with van der Waals surface area (Å²) in [7, 11) is 0. The largest absolute Gasteiger partial charge is 0.302 e. The first-order valence-corrected chi connectivity index (χ1v) is 5.22. The fourth-order valence-corrected chi connectivity index (χ4v) is 1.68. The van der Waals surface area contributed by atoms with Crippen LogP contribution < -0.4 is 10.6 Å². The van der Waals surface area contributed by atoms with Gasteiger partial charge in [0, 0.05) is 24.2 Å². The van der Waals surface area contributed by atoms with Gasteiger partial charge in [0.25, 0.3) is 0 Å². The number of imide groups is 1. The number of rotatable bonds is 3. The molecule has 0 radical (unpaired) electrons. The minimum atomic E-state index is -0.285. The zero-order valence-corrected chi connectivity index (χ0v) is 9.04. The fourth-order valence-electron chi connectivity index (χ4n) is 1.68. The van der Waals surface area contributed by atoms with Gasteiger partial charge >= 0.3 is 0 Å². The van der Waals surface area contributed by atoms with Gasteiger partial charge in [-0.1, -0.05) is 0 Å². The maximum Gasteiger partial charge on any atom is 0.243 e. The molecule has 0 bridgehead atoms. The minimum Gasteiger partial charge on any atom is -0.302 e. The third-order valence-corrected chi connectivity index (χ3v) is 2.71. The summed E-state index contributed by atoms with van der Waals surface area (Å²) in [6, 6.07) is -0.285. The molecule has 0 aromatic carbocycles. The number of nitrogens with zero attached hydrogens (tertiary/aromatic N) is 1. The van der Waals surface area contributed by atoms with Gasteiger partial charge in [0.2, 0.25) is 11.8 Å². The first kappa shape index (κ1) is 10.8. The van der Waals surface area contributed by atoms with Gasteiger partial charge in [-0.05, 0) is 13.3 Å². The summed E-state index contributed by atoms with van der Waals surface area (Å²) in [5.41, 5.74) is 2.02. The lowest BCUT2D eigenvalue weighted by Gasteiger charge is -2.21. The van der Waals surface area contributed by atoms with Gasteiger partial charge in [0.15, 0.2) is 0 Å². The molecule has 1 aliphatic rings. The van der Waals surface area contributed by atoms with Crippen molar-refractivity contribution < 1.29 is 9.59 Å². The van der Waals surface area contributed by atoms with Crippen LogP contribution in [-0.4, -0.2) is 28.1 Å². The predicted octanol–water partition coefficient (Wildman–Crippen LogP) is -0.387. The van der Waals surface area contributed by atoms with Crippen LogP contribution in [0.25, 0.3) is 0 Å². The lowest BCUT2D eigenvalue weighted by molar-refractivity contribution is -0.134. The summed E-state index contributed by atoms with van der Waals surface area (Å²) in [4.78, 5) is 22.4. The molecule has 86 valence electrons. The van der Waals surface area contributed by atoms with Gasteiger partial charge in [-0.2, -0.15) is 5.10 Å². The highest BCUT2D eigenvalue weighted by Crippen LogP contribution is 2.07. The lowest BCUT2D eigenvalue weighted by atomic mass is 10.1. The topological polar surface area (TPSA) is 86.9 Å². The highest BCUT2D eigenvalue weighted by molar-refractivity contribution is 6.00. The monoisotopic (exact) mass is 222 g/mol. The summed E-state index contributed by atoms with van der Waals surface area (Å²) in [5, 5.41) is 12.1. The highest BCUT2D eigenvalue weighted by atomic mass is 16.2. The number of amides is 2. The molecule has 1 unspecified atom stereocenters. The van der Waals surface area contributed by atoms with Crippen molar-refractivity contribution in [3.05, 3.63) is 17.5 Å². The van der Waals surface area contributed by atoms with Crippen LogP contribution in [0, 0.1) is 6.92 Å². The fraction of sp³-hybridized carbons (Fsp3) is 0.500. The molecule has 6 nitrogen and oxygen atoms in total. The number of piperidine rings is 1. The number of carbonyl (C=O) groups is 2. The van der Waals surface area contributed by atoms with E-state index < -0.39 is 0 Å². The highest BCUT2D eigenvalue weighted by Gasteiger charge is 2.25. The Morgan fingerprint density at radius 3 is 3.00 bits per heavy atom. The Morgan fingerprint density at radius 1 is 1.56 bits per heavy atom. The molecule has 2 rings (SSSR count). The molecule has 2 heterocycles. The molecule has 0 saturated carbocycles. The van der Waals surface area contributed by atoms with Crippen molar-refractivity contribution in [1.29, 1.82) is 0 Å². The molecular weight excluding hydrogens is 208 g/mol. The lowest BCUT2D eigenvalue weighted by Crippen LogP contribution is -2.50. The summed E-state index contributed by atoms with van der Waals surface area (Å²) in [6.45, 7) is 2.50. The Kier molecular flexibility index (Phi) is 3.00. The molecule has 1 saturated heterocycles. The quantitative estimate of drug-likeness (QED) is 0.608. The Bertz CT molecular complexity index is 413. The van der Waals surface area contributed by atoms with Gasteiger partial charge in [-0.15, -0.1) is 0 Å². The Balaban J connectivity index is 1.89. The van der Waals surface area contributed by atoms with Gasteiger partial charge in [-0.25, -0.2) is 0 Å². The number of nitrogens with one attached hydrogen (secondary N) is 3. The van der Waals surface area contributed by atoms with E-state index in [0.717, 1.165) is 11.3 Å². The van der Waals surface area contributed by atoms with E-state index in [2.05, 4.69) is 20.8 Å². The molecule has 2 amide bonds. The maximum absolute atomic E-state index is 11.4. The van der Waals surface area contributed by atoms with E-state index in [0.29, 0.717) is 19.4 Å². The third-order valence-electron chi connectivity index (χ3n) is 2.71. The molecule has 1 fully saturated rings. The van der Waals surface area contributed by atoms with Crippen LogP contribution in [0.5, 0.6) is 0 Å². The number of carbonyl (C=O) groups excluding carboxylic acids is 2. The SMILES string of the molecule is Cc1[nH]ncc1CNC1CCC(=O)NC1=O. The van der Waals surface area contributed by atoms with Crippen LogP contribution in [0.3, 0.4) is 0 Å². The van der Waals surface area contributed by atoms with Gasteiger partial charge in [-0.3, -0.25) is 20.0 Å². The smallest absolute Gasteiger partial charge is 0.243 e. The normalized spacial score (nSPS) is 20.9. The second-order valence-corrected chi connectivity index (χ2v) is 3.90. The van der Waals surface area contributed by atoms with E-state index in [1.165, 1.54) is 0 Å². The summed E-state index contributed by atoms with van der Waals surface area (Å²) in [5.74, 6) is -0.431. The minimum absolute atomic E-state index is 0.192. The van der Waals surface area contributed by atoms with Crippen molar-refractivity contribution in [1.82, 2.24) is 20.8 Å². The van der Waals surface area contributed by atoms with Crippen LogP contribution in [0.2, 0.25) is 0 Å². The van der Waals surface area contributed by atoms with E-state index in [1.54, 1.807) is 6.20 Å². The zero-order valence-electron chi connectivity index (χ0n) is 9.04. The van der Waals surface area contributed by atoms with Crippen LogP contribution in [0.4, 0.5) is 0 Å². The molecule has 3 N–H and O–H groups in total. The number of hydrogen-bond donors (Lipinski definition) is 3. The molecule has 1 aromatic heterocycles. The first-order chi connectivity index (χ1) is 7.66. The Hall–Kier alpha value is -1.69. The van der Waals surface area contributed by atoms with Crippen molar-refractivity contribution in [2.24, 2.45) is 0 Å². The number of H-pyrrole nitrogens is 1. The van der Waals surface area contributed by atoms with E-state index in [1.807, 2.05) is 6.92 Å². The molecular formula is C10H14N4O2. The zero-order chi connectivity index (χ0) is 11.5. The van der Waals surface area contributed by atoms with Crippen molar-refractivity contribution in [2.75, 3.05) is 0 Å². The van der Waals surface area contributed by atoms with Crippen molar-refractivity contribution in [3.63, 3.8) is 0 Å². The molecule has 0 spiro atoms. The average Bonchev–Trinajstić information content (AvgIpc) is 2.63. The van der Waals surface area contributed by atoms with Crippen LogP contribution in [0.1, 0.15) is 24.1 Å². The first-order valence-electron chi connectivity index (χ1n) is 5.22. The van der Waals surface area contributed by atoms with Crippen molar-refractivity contribution in [3.8, 4) is 0 Å². The molecule has 6 heteroatoms. The molecule has 1 aromatic rings. The second-order valence-electron chi connectivity index (χ2n) is 3.90. The predicted molar refractivity (Wildman–Crippen MR) is 56.3 cm³/mol. The average molecular weight is 222 g/mol. The Morgan fingerprint density at radius 2 is 2.38 bits per heavy atom. The van der Waals surface area contributed by atoms with E-state index in [4.69, 9.17) is 0 Å². The standard InChI is InChI=1S/C10H14N4O2/c1-6-7(5-12-14-6)4-11-8-2-3-9(15)13-10(8)16/h5,8,11H,2-4H2,1H3,(H,12,14)(H,13,15,16). The van der Waals surface area contributed by atoms with Crippen LogP contribution >= 0.6 is 0 Å². The van der Waals surface area contributed by atoms with Crippen LogP contribution in [0.15, 0.2) is 6.20 Å². The van der Waals surface area contributed by atoms with E-state index >= 15 is 0 Å². The van der Waals surface area contributed by atoms with Crippen molar-refractivity contribution >= 4 is 11.8 Å². The molecule has 1 aliphatic heterocycles. The third kappa shape index (κ3) is 2.27. The molecule has 1 atom stereocenters. The molecule has 16 heavy (non-hydrogen) atoms. The molecule has 0 aliphatic carbocycles. The summed E-state index contributed by atoms with van der Waals surface area (Å²) in [6.07, 6.45) is 2.68. The van der Waals surface area contributed by atoms with Gasteiger partial charge in [0.05, 0.1) is 12.2 Å². The van der Waals surface area contributed by atoms with E-state index in [9.17, 15) is 9.59 Å². The maximum atomic E-state index is 11.4. The summed E-state index contributed by atoms with van der Waals surface area (Å²) < 4.78 is 0. The van der Waals surface area contributed by atoms with Crippen molar-refractivity contribution in [2.45, 2.75) is 32.4 Å². The summed E-state index contributed by atoms with van der Waals surface area (Å²) >= 11 is 0. The van der Waals surface area contributed by atoms with Gasteiger partial charge in [0.1, 0.15) is 0 Å². The second kappa shape index (κ2) is 4.44. The number of aromatic amines is 1.